The third-order valence-electron chi connectivity index (χ3n) is 6.67. The summed E-state index contributed by atoms with van der Waals surface area (Å²) in [5, 5.41) is 0.877. The molecule has 1 saturated carbocycles. The molecule has 0 atom stereocenters. The van der Waals surface area contributed by atoms with E-state index in [0.29, 0.717) is 24.6 Å². The van der Waals surface area contributed by atoms with Crippen molar-refractivity contribution < 1.29 is 9.18 Å². The zero-order valence-electron chi connectivity index (χ0n) is 19.1. The highest BCUT2D eigenvalue weighted by atomic mass is 19.1. The molecular weight excluding hydrogens is 413 g/mol. The van der Waals surface area contributed by atoms with Gasteiger partial charge in [-0.05, 0) is 85.5 Å². The minimum absolute atomic E-state index is 0.0400. The monoisotopic (exact) mass is 441 g/mol. The standard InChI is InChI=1S/C28H28FN3O/c1-18-5-8-21(14-19(18)2)24-4-3-12-30-27(24)28(33)32(17-20-6-7-20)13-11-22-16-31-26-10-9-23(29)15-25(22)26/h3-5,8-10,12,14-16,20,31H,6-7,11,13,17H2,1-2H3. The topological polar surface area (TPSA) is 49.0 Å². The molecule has 0 aliphatic heterocycles. The molecule has 1 aliphatic carbocycles. The maximum absolute atomic E-state index is 13.8. The Kier molecular flexibility index (Phi) is 5.71. The lowest BCUT2D eigenvalue weighted by Gasteiger charge is -2.23. The molecule has 0 radical (unpaired) electrons. The van der Waals surface area contributed by atoms with Crippen LogP contribution in [0.2, 0.25) is 0 Å². The van der Waals surface area contributed by atoms with Gasteiger partial charge in [-0.3, -0.25) is 9.78 Å². The van der Waals surface area contributed by atoms with Crippen LogP contribution in [0.5, 0.6) is 0 Å². The van der Waals surface area contributed by atoms with Crippen LogP contribution < -0.4 is 0 Å². The van der Waals surface area contributed by atoms with Crippen molar-refractivity contribution in [2.45, 2.75) is 33.1 Å². The molecule has 1 fully saturated rings. The summed E-state index contributed by atoms with van der Waals surface area (Å²) >= 11 is 0. The van der Waals surface area contributed by atoms with Gasteiger partial charge in [-0.1, -0.05) is 24.3 Å². The van der Waals surface area contributed by atoms with Crippen molar-refractivity contribution >= 4 is 16.8 Å². The second-order valence-electron chi connectivity index (χ2n) is 9.15. The van der Waals surface area contributed by atoms with Crippen LogP contribution in [0.4, 0.5) is 4.39 Å². The first-order chi connectivity index (χ1) is 16.0. The number of hydrogen-bond acceptors (Lipinski definition) is 2. The van der Waals surface area contributed by atoms with E-state index in [1.807, 2.05) is 23.2 Å². The van der Waals surface area contributed by atoms with E-state index in [1.165, 1.54) is 17.2 Å². The first-order valence-corrected chi connectivity index (χ1v) is 11.6. The third-order valence-corrected chi connectivity index (χ3v) is 6.67. The number of halogens is 1. The zero-order chi connectivity index (χ0) is 22.9. The molecule has 5 rings (SSSR count). The summed E-state index contributed by atoms with van der Waals surface area (Å²) in [6, 6.07) is 14.9. The van der Waals surface area contributed by atoms with Gasteiger partial charge in [0.15, 0.2) is 0 Å². The van der Waals surface area contributed by atoms with Crippen molar-refractivity contribution in [3.8, 4) is 11.1 Å². The molecule has 1 amide bonds. The lowest BCUT2D eigenvalue weighted by molar-refractivity contribution is 0.0744. The molecule has 33 heavy (non-hydrogen) atoms. The van der Waals surface area contributed by atoms with Crippen molar-refractivity contribution in [2.75, 3.05) is 13.1 Å². The van der Waals surface area contributed by atoms with Crippen molar-refractivity contribution in [1.29, 1.82) is 0 Å². The molecule has 2 aromatic carbocycles. The number of aromatic amines is 1. The maximum atomic E-state index is 13.8. The number of fused-ring (bicyclic) bond motifs is 1. The summed E-state index contributed by atoms with van der Waals surface area (Å²) in [5.41, 5.74) is 6.71. The summed E-state index contributed by atoms with van der Waals surface area (Å²) in [5.74, 6) is 0.269. The number of aryl methyl sites for hydroxylation is 2. The van der Waals surface area contributed by atoms with Crippen LogP contribution in [0.3, 0.4) is 0 Å². The first kappa shape index (κ1) is 21.4. The number of benzene rings is 2. The molecule has 0 bridgehead atoms. The predicted octanol–water partition coefficient (Wildman–Crippen LogP) is 6.08. The number of nitrogens with zero attached hydrogens (tertiary/aromatic N) is 2. The molecule has 5 heteroatoms. The lowest BCUT2D eigenvalue weighted by atomic mass is 9.99. The van der Waals surface area contributed by atoms with Gasteiger partial charge in [0, 0.05) is 41.9 Å². The Morgan fingerprint density at radius 2 is 1.97 bits per heavy atom. The Bertz CT molecular complexity index is 1320. The number of rotatable bonds is 7. The molecule has 4 aromatic rings. The summed E-state index contributed by atoms with van der Waals surface area (Å²) in [4.78, 5) is 23.4. The van der Waals surface area contributed by atoms with E-state index in [1.54, 1.807) is 18.3 Å². The van der Waals surface area contributed by atoms with Gasteiger partial charge in [-0.25, -0.2) is 4.39 Å². The van der Waals surface area contributed by atoms with E-state index in [9.17, 15) is 9.18 Å². The second kappa shape index (κ2) is 8.81. The fourth-order valence-corrected chi connectivity index (χ4v) is 4.37. The highest BCUT2D eigenvalue weighted by Crippen LogP contribution is 2.32. The average Bonchev–Trinajstić information content (AvgIpc) is 3.56. The third kappa shape index (κ3) is 4.54. The highest BCUT2D eigenvalue weighted by Gasteiger charge is 2.29. The number of carbonyl (C=O) groups excluding carboxylic acids is 1. The van der Waals surface area contributed by atoms with E-state index in [-0.39, 0.29) is 11.7 Å². The van der Waals surface area contributed by atoms with Crippen LogP contribution in [0.15, 0.2) is 60.9 Å². The number of hydrogen-bond donors (Lipinski definition) is 1. The Labute approximate surface area is 193 Å². The van der Waals surface area contributed by atoms with Crippen molar-refractivity contribution in [3.05, 3.63) is 89.1 Å². The van der Waals surface area contributed by atoms with E-state index in [2.05, 4.69) is 42.0 Å². The second-order valence-corrected chi connectivity index (χ2v) is 9.15. The molecule has 2 aromatic heterocycles. The molecule has 1 N–H and O–H groups in total. The van der Waals surface area contributed by atoms with Crippen LogP contribution in [0, 0.1) is 25.6 Å². The molecule has 4 nitrogen and oxygen atoms in total. The van der Waals surface area contributed by atoms with Crippen LogP contribution in [-0.4, -0.2) is 33.9 Å². The fraction of sp³-hybridized carbons (Fsp3) is 0.286. The maximum Gasteiger partial charge on any atom is 0.273 e. The van der Waals surface area contributed by atoms with Gasteiger partial charge in [0.25, 0.3) is 5.91 Å². The number of pyridine rings is 1. The van der Waals surface area contributed by atoms with E-state index in [0.717, 1.165) is 47.0 Å². The van der Waals surface area contributed by atoms with E-state index >= 15 is 0 Å². The molecule has 0 saturated heterocycles. The Balaban J connectivity index is 1.43. The van der Waals surface area contributed by atoms with Crippen LogP contribution in [0.1, 0.15) is 40.0 Å². The SMILES string of the molecule is Cc1ccc(-c2cccnc2C(=O)N(CCc2c[nH]c3ccc(F)cc23)CC2CC2)cc1C. The fourth-order valence-electron chi connectivity index (χ4n) is 4.37. The number of amides is 1. The average molecular weight is 442 g/mol. The molecule has 0 spiro atoms. The molecule has 0 unspecified atom stereocenters. The summed E-state index contributed by atoms with van der Waals surface area (Å²) in [7, 11) is 0. The van der Waals surface area contributed by atoms with Gasteiger partial charge >= 0.3 is 0 Å². The quantitative estimate of drug-likeness (QED) is 0.378. The Morgan fingerprint density at radius 3 is 2.76 bits per heavy atom. The van der Waals surface area contributed by atoms with Crippen LogP contribution in [-0.2, 0) is 6.42 Å². The van der Waals surface area contributed by atoms with Crippen molar-refractivity contribution in [2.24, 2.45) is 5.92 Å². The van der Waals surface area contributed by atoms with Crippen molar-refractivity contribution in [3.63, 3.8) is 0 Å². The summed E-state index contributed by atoms with van der Waals surface area (Å²) < 4.78 is 13.8. The van der Waals surface area contributed by atoms with Gasteiger partial charge in [0.2, 0.25) is 0 Å². The van der Waals surface area contributed by atoms with Gasteiger partial charge in [-0.15, -0.1) is 0 Å². The normalized spacial score (nSPS) is 13.4. The van der Waals surface area contributed by atoms with Gasteiger partial charge < -0.3 is 9.88 Å². The number of H-pyrrole nitrogens is 1. The minimum atomic E-state index is -0.249. The van der Waals surface area contributed by atoms with E-state index in [4.69, 9.17) is 0 Å². The molecule has 168 valence electrons. The summed E-state index contributed by atoms with van der Waals surface area (Å²) in [6.07, 6.45) is 6.59. The van der Waals surface area contributed by atoms with Gasteiger partial charge in [0.1, 0.15) is 11.5 Å². The number of nitrogens with one attached hydrogen (secondary N) is 1. The van der Waals surface area contributed by atoms with E-state index < -0.39 is 0 Å². The molecule has 1 aliphatic rings. The number of aromatic nitrogens is 2. The molecule has 2 heterocycles. The highest BCUT2D eigenvalue weighted by molar-refractivity contribution is 5.99. The lowest BCUT2D eigenvalue weighted by Crippen LogP contribution is -2.35. The first-order valence-electron chi connectivity index (χ1n) is 11.6. The zero-order valence-corrected chi connectivity index (χ0v) is 19.1. The smallest absolute Gasteiger partial charge is 0.273 e. The summed E-state index contributed by atoms with van der Waals surface area (Å²) in [6.45, 7) is 5.47. The largest absolute Gasteiger partial charge is 0.361 e. The minimum Gasteiger partial charge on any atom is -0.361 e. The van der Waals surface area contributed by atoms with Gasteiger partial charge in [0.05, 0.1) is 0 Å². The van der Waals surface area contributed by atoms with Crippen LogP contribution >= 0.6 is 0 Å². The predicted molar refractivity (Wildman–Crippen MR) is 130 cm³/mol. The van der Waals surface area contributed by atoms with Gasteiger partial charge in [-0.2, -0.15) is 0 Å². The van der Waals surface area contributed by atoms with Crippen molar-refractivity contribution in [1.82, 2.24) is 14.9 Å². The Morgan fingerprint density at radius 1 is 1.12 bits per heavy atom. The molecular formula is C28H28FN3O. The van der Waals surface area contributed by atoms with Crippen LogP contribution in [0.25, 0.3) is 22.0 Å². The number of carbonyl (C=O) groups is 1. The Hall–Kier alpha value is -3.47.